The molecule has 0 fully saturated rings. The Bertz CT molecular complexity index is 912. The molecule has 1 aromatic heterocycles. The number of nitrogens with one attached hydrogen (secondary N) is 1. The summed E-state index contributed by atoms with van der Waals surface area (Å²) in [6.07, 6.45) is 5.37. The van der Waals surface area contributed by atoms with Crippen LogP contribution in [0.25, 0.3) is 5.69 Å². The summed E-state index contributed by atoms with van der Waals surface area (Å²) in [7, 11) is 3.87. The Kier molecular flexibility index (Phi) is 5.12. The van der Waals surface area contributed by atoms with E-state index in [-0.39, 0.29) is 5.91 Å². The van der Waals surface area contributed by atoms with E-state index in [2.05, 4.69) is 15.5 Å². The van der Waals surface area contributed by atoms with Gasteiger partial charge in [-0.15, -0.1) is 0 Å². The lowest BCUT2D eigenvalue weighted by atomic mass is 10.1. The molecule has 26 heavy (non-hydrogen) atoms. The number of nitrogens with zero attached hydrogens (tertiary/aromatic N) is 4. The van der Waals surface area contributed by atoms with Gasteiger partial charge in [-0.1, -0.05) is 18.2 Å². The molecule has 0 bridgehead atoms. The molecular weight excluding hydrogens is 326 g/mol. The Hall–Kier alpha value is -3.41. The average molecular weight is 347 g/mol. The summed E-state index contributed by atoms with van der Waals surface area (Å²) >= 11 is 0. The van der Waals surface area contributed by atoms with E-state index < -0.39 is 0 Å². The van der Waals surface area contributed by atoms with Crippen LogP contribution in [-0.4, -0.2) is 35.3 Å². The normalized spacial score (nSPS) is 11.3. The highest BCUT2D eigenvalue weighted by atomic mass is 16.2. The van der Waals surface area contributed by atoms with E-state index in [0.29, 0.717) is 5.56 Å². The Morgan fingerprint density at radius 2 is 1.88 bits per heavy atom. The van der Waals surface area contributed by atoms with Gasteiger partial charge in [0.1, 0.15) is 0 Å². The summed E-state index contributed by atoms with van der Waals surface area (Å²) < 4.78 is 1.93. The number of hydrogen-bond acceptors (Lipinski definition) is 4. The summed E-state index contributed by atoms with van der Waals surface area (Å²) in [4.78, 5) is 18.3. The minimum Gasteiger partial charge on any atom is -0.378 e. The van der Waals surface area contributed by atoms with Crippen LogP contribution in [0.5, 0.6) is 0 Å². The van der Waals surface area contributed by atoms with E-state index in [1.165, 1.54) is 0 Å². The second-order valence-corrected chi connectivity index (χ2v) is 6.10. The van der Waals surface area contributed by atoms with E-state index in [1.54, 1.807) is 18.6 Å². The fraction of sp³-hybridized carbons (Fsp3) is 0.150. The van der Waals surface area contributed by atoms with Gasteiger partial charge < -0.3 is 9.47 Å². The van der Waals surface area contributed by atoms with Crippen molar-refractivity contribution >= 4 is 17.3 Å². The number of rotatable bonds is 5. The molecule has 0 aliphatic heterocycles. The second-order valence-electron chi connectivity index (χ2n) is 6.10. The minimum absolute atomic E-state index is 0.233. The quantitative estimate of drug-likeness (QED) is 0.570. The van der Waals surface area contributed by atoms with Gasteiger partial charge in [-0.25, -0.2) is 10.4 Å². The van der Waals surface area contributed by atoms with E-state index in [1.807, 2.05) is 79.1 Å². The van der Waals surface area contributed by atoms with Crippen molar-refractivity contribution in [1.29, 1.82) is 0 Å². The lowest BCUT2D eigenvalue weighted by Crippen LogP contribution is -2.20. The molecule has 0 saturated carbocycles. The molecule has 3 aromatic rings. The Balaban J connectivity index is 1.70. The van der Waals surface area contributed by atoms with Gasteiger partial charge in [0.15, 0.2) is 0 Å². The summed E-state index contributed by atoms with van der Waals surface area (Å²) in [6, 6.07) is 15.3. The third-order valence-electron chi connectivity index (χ3n) is 4.04. The fourth-order valence-electron chi connectivity index (χ4n) is 2.48. The highest BCUT2D eigenvalue weighted by Crippen LogP contribution is 2.13. The molecule has 6 heteroatoms. The largest absolute Gasteiger partial charge is 0.378 e. The van der Waals surface area contributed by atoms with Crippen molar-refractivity contribution in [3.05, 3.63) is 78.4 Å². The molecular formula is C20H21N5O. The van der Waals surface area contributed by atoms with Crippen molar-refractivity contribution in [2.45, 2.75) is 6.92 Å². The number of carbonyl (C=O) groups is 1. The van der Waals surface area contributed by atoms with Gasteiger partial charge in [-0.05, 0) is 42.8 Å². The lowest BCUT2D eigenvalue weighted by Gasteiger charge is -2.13. The third kappa shape index (κ3) is 3.97. The number of hydrogen-bond donors (Lipinski definition) is 1. The third-order valence-corrected chi connectivity index (χ3v) is 4.04. The molecule has 6 nitrogen and oxygen atoms in total. The molecule has 1 N–H and O–H groups in total. The fourth-order valence-corrected chi connectivity index (χ4v) is 2.48. The van der Waals surface area contributed by atoms with Crippen LogP contribution in [0.4, 0.5) is 5.69 Å². The van der Waals surface area contributed by atoms with Gasteiger partial charge in [0.05, 0.1) is 12.0 Å². The maximum Gasteiger partial charge on any atom is 0.271 e. The zero-order valence-electron chi connectivity index (χ0n) is 15.0. The van der Waals surface area contributed by atoms with Crippen molar-refractivity contribution in [2.24, 2.45) is 5.10 Å². The highest BCUT2D eigenvalue weighted by molar-refractivity contribution is 6.01. The number of aromatic nitrogens is 2. The van der Waals surface area contributed by atoms with Crippen LogP contribution in [0, 0.1) is 0 Å². The van der Waals surface area contributed by atoms with Gasteiger partial charge in [0, 0.05) is 43.4 Å². The Morgan fingerprint density at radius 3 is 2.54 bits per heavy atom. The molecule has 0 aliphatic rings. The highest BCUT2D eigenvalue weighted by Gasteiger charge is 2.07. The van der Waals surface area contributed by atoms with Crippen LogP contribution >= 0.6 is 0 Å². The zero-order valence-corrected chi connectivity index (χ0v) is 15.0. The summed E-state index contributed by atoms with van der Waals surface area (Å²) in [5, 5.41) is 4.22. The first kappa shape index (κ1) is 17.4. The second kappa shape index (κ2) is 7.65. The van der Waals surface area contributed by atoms with Crippen LogP contribution in [0.1, 0.15) is 22.8 Å². The standard InChI is InChI=1S/C20H21N5O/c1-15(16-7-9-18(10-8-16)25-12-11-21-14-25)22-23-20(26)17-5-4-6-19(13-17)24(2)3/h4-14H,1-3H3,(H,23,26)/b22-15+. The number of benzene rings is 2. The first-order chi connectivity index (χ1) is 12.5. The van der Waals surface area contributed by atoms with Crippen LogP contribution < -0.4 is 10.3 Å². The van der Waals surface area contributed by atoms with E-state index in [4.69, 9.17) is 0 Å². The summed E-state index contributed by atoms with van der Waals surface area (Å²) in [6.45, 7) is 1.86. The number of hydrazone groups is 1. The van der Waals surface area contributed by atoms with Gasteiger partial charge in [-0.3, -0.25) is 4.79 Å². The molecule has 0 spiro atoms. The molecule has 1 amide bonds. The van der Waals surface area contributed by atoms with Crippen molar-refractivity contribution < 1.29 is 4.79 Å². The zero-order chi connectivity index (χ0) is 18.5. The van der Waals surface area contributed by atoms with Gasteiger partial charge in [-0.2, -0.15) is 5.10 Å². The van der Waals surface area contributed by atoms with Crippen LogP contribution in [-0.2, 0) is 0 Å². The number of carbonyl (C=O) groups excluding carboxylic acids is 1. The molecule has 0 aliphatic carbocycles. The SMILES string of the molecule is C/C(=N\NC(=O)c1cccc(N(C)C)c1)c1ccc(-n2ccnc2)cc1. The van der Waals surface area contributed by atoms with Crippen LogP contribution in [0.15, 0.2) is 72.4 Å². The molecule has 0 saturated heterocycles. The molecule has 0 atom stereocenters. The van der Waals surface area contributed by atoms with Gasteiger partial charge in [0.25, 0.3) is 5.91 Å². The maximum absolute atomic E-state index is 12.3. The molecule has 3 rings (SSSR count). The van der Waals surface area contributed by atoms with Crippen molar-refractivity contribution in [3.63, 3.8) is 0 Å². The maximum atomic E-state index is 12.3. The van der Waals surface area contributed by atoms with Crippen LogP contribution in [0.3, 0.4) is 0 Å². The monoisotopic (exact) mass is 347 g/mol. The first-order valence-electron chi connectivity index (χ1n) is 8.25. The Labute approximate surface area is 152 Å². The van der Waals surface area contributed by atoms with Gasteiger partial charge in [0.2, 0.25) is 0 Å². The van der Waals surface area contributed by atoms with E-state index >= 15 is 0 Å². The number of imidazole rings is 1. The molecule has 1 heterocycles. The average Bonchev–Trinajstić information content (AvgIpc) is 3.21. The summed E-state index contributed by atoms with van der Waals surface area (Å²) in [5.41, 5.74) is 6.85. The van der Waals surface area contributed by atoms with Gasteiger partial charge >= 0.3 is 0 Å². The van der Waals surface area contributed by atoms with Crippen molar-refractivity contribution in [3.8, 4) is 5.69 Å². The summed E-state index contributed by atoms with van der Waals surface area (Å²) in [5.74, 6) is -0.233. The molecule has 2 aromatic carbocycles. The number of anilines is 1. The predicted octanol–water partition coefficient (Wildman–Crippen LogP) is 3.09. The Morgan fingerprint density at radius 1 is 1.12 bits per heavy atom. The lowest BCUT2D eigenvalue weighted by molar-refractivity contribution is 0.0955. The molecule has 0 unspecified atom stereocenters. The van der Waals surface area contributed by atoms with Crippen LogP contribution in [0.2, 0.25) is 0 Å². The number of amides is 1. The molecule has 0 radical (unpaired) electrons. The minimum atomic E-state index is -0.233. The van der Waals surface area contributed by atoms with Crippen molar-refractivity contribution in [2.75, 3.05) is 19.0 Å². The van der Waals surface area contributed by atoms with E-state index in [0.717, 1.165) is 22.6 Å². The molecule has 132 valence electrons. The first-order valence-corrected chi connectivity index (χ1v) is 8.25. The topological polar surface area (TPSA) is 62.5 Å². The van der Waals surface area contributed by atoms with Crippen molar-refractivity contribution in [1.82, 2.24) is 15.0 Å². The predicted molar refractivity (Wildman–Crippen MR) is 104 cm³/mol. The van der Waals surface area contributed by atoms with E-state index in [9.17, 15) is 4.79 Å². The smallest absolute Gasteiger partial charge is 0.271 e.